The van der Waals surface area contributed by atoms with E-state index < -0.39 is 35.8 Å². The molecule has 5 amide bonds. The van der Waals surface area contributed by atoms with Crippen LogP contribution in [0.3, 0.4) is 0 Å². The molecule has 1 aromatic heterocycles. The Hall–Kier alpha value is -3.20. The number of thiophene rings is 1. The Bertz CT molecular complexity index is 1160. The number of anilines is 1. The molecular weight excluding hydrogens is 428 g/mol. The molecule has 1 aliphatic heterocycles. The van der Waals surface area contributed by atoms with Crippen molar-refractivity contribution in [1.29, 1.82) is 0 Å². The minimum atomic E-state index is -1.12. The number of nitrogens with one attached hydrogen (secondary N) is 2. The Morgan fingerprint density at radius 1 is 1.12 bits per heavy atom. The van der Waals surface area contributed by atoms with E-state index in [1.807, 2.05) is 24.3 Å². The fraction of sp³-hybridized carbons (Fsp3) is 0.391. The van der Waals surface area contributed by atoms with Gasteiger partial charge in [0.05, 0.1) is 5.56 Å². The van der Waals surface area contributed by atoms with Gasteiger partial charge in [0.1, 0.15) is 17.1 Å². The number of hydrogen-bond donors (Lipinski definition) is 3. The average molecular weight is 453 g/mol. The third-order valence-electron chi connectivity index (χ3n) is 6.62. The third-order valence-corrected chi connectivity index (χ3v) is 7.83. The Balaban J connectivity index is 1.37. The number of fused-ring (bicyclic) bond motifs is 3. The molecule has 8 nitrogen and oxygen atoms in total. The van der Waals surface area contributed by atoms with E-state index in [1.54, 1.807) is 0 Å². The summed E-state index contributed by atoms with van der Waals surface area (Å²) in [5.74, 6) is -1.52. The van der Waals surface area contributed by atoms with Crippen molar-refractivity contribution in [1.82, 2.24) is 10.2 Å². The summed E-state index contributed by atoms with van der Waals surface area (Å²) in [6.45, 7) is -0.421. The number of primary amides is 1. The van der Waals surface area contributed by atoms with Crippen molar-refractivity contribution in [2.45, 2.75) is 50.5 Å². The highest BCUT2D eigenvalue weighted by Crippen LogP contribution is 2.40. The van der Waals surface area contributed by atoms with Crippen LogP contribution in [0, 0.1) is 0 Å². The summed E-state index contributed by atoms with van der Waals surface area (Å²) < 4.78 is 0. The summed E-state index contributed by atoms with van der Waals surface area (Å²) in [5, 5.41) is 5.98. The van der Waals surface area contributed by atoms with Crippen LogP contribution in [-0.4, -0.2) is 35.2 Å². The number of aryl methyl sites for hydroxylation is 2. The third kappa shape index (κ3) is 3.19. The summed E-state index contributed by atoms with van der Waals surface area (Å²) in [4.78, 5) is 53.0. The van der Waals surface area contributed by atoms with Gasteiger partial charge in [0.2, 0.25) is 5.91 Å². The fourth-order valence-corrected chi connectivity index (χ4v) is 6.49. The minimum absolute atomic E-state index is 0.355. The lowest BCUT2D eigenvalue weighted by Crippen LogP contribution is -2.47. The monoisotopic (exact) mass is 452 g/mol. The Labute approximate surface area is 189 Å². The molecule has 0 bridgehead atoms. The second-order valence-electron chi connectivity index (χ2n) is 8.56. The van der Waals surface area contributed by atoms with Gasteiger partial charge >= 0.3 is 6.03 Å². The van der Waals surface area contributed by atoms with Crippen molar-refractivity contribution >= 4 is 40.1 Å². The highest BCUT2D eigenvalue weighted by molar-refractivity contribution is 7.17. The number of nitrogens with zero attached hydrogens (tertiary/aromatic N) is 1. The van der Waals surface area contributed by atoms with Crippen molar-refractivity contribution in [3.05, 3.63) is 51.4 Å². The van der Waals surface area contributed by atoms with E-state index in [2.05, 4.69) is 10.6 Å². The number of hydrogen-bond acceptors (Lipinski definition) is 5. The van der Waals surface area contributed by atoms with Gasteiger partial charge in [-0.25, -0.2) is 4.79 Å². The maximum absolute atomic E-state index is 13.4. The molecule has 4 N–H and O–H groups in total. The van der Waals surface area contributed by atoms with E-state index in [0.717, 1.165) is 65.0 Å². The topological polar surface area (TPSA) is 122 Å². The smallest absolute Gasteiger partial charge is 0.325 e. The summed E-state index contributed by atoms with van der Waals surface area (Å²) in [5.41, 5.74) is 7.58. The lowest BCUT2D eigenvalue weighted by atomic mass is 9.76. The van der Waals surface area contributed by atoms with Crippen molar-refractivity contribution in [2.75, 3.05) is 11.9 Å². The van der Waals surface area contributed by atoms with Gasteiger partial charge < -0.3 is 16.4 Å². The summed E-state index contributed by atoms with van der Waals surface area (Å²) >= 11 is 1.35. The molecule has 1 spiro atoms. The highest BCUT2D eigenvalue weighted by Gasteiger charge is 2.54. The quantitative estimate of drug-likeness (QED) is 0.617. The number of carbonyl (C=O) groups excluding carboxylic acids is 4. The normalized spacial score (nSPS) is 21.8. The number of amides is 5. The van der Waals surface area contributed by atoms with Crippen molar-refractivity contribution in [3.63, 3.8) is 0 Å². The van der Waals surface area contributed by atoms with Crippen molar-refractivity contribution in [2.24, 2.45) is 5.73 Å². The van der Waals surface area contributed by atoms with Crippen LogP contribution in [0.1, 0.15) is 57.6 Å². The van der Waals surface area contributed by atoms with E-state index in [-0.39, 0.29) is 0 Å². The average Bonchev–Trinajstić information content (AvgIpc) is 3.24. The van der Waals surface area contributed by atoms with Crippen LogP contribution in [-0.2, 0) is 34.4 Å². The lowest BCUT2D eigenvalue weighted by Gasteiger charge is -2.33. The van der Waals surface area contributed by atoms with Crippen LogP contribution in [0.5, 0.6) is 0 Å². The van der Waals surface area contributed by atoms with E-state index in [0.29, 0.717) is 17.0 Å². The SMILES string of the molecule is NC(=O)c1c(NC(=O)CN2C(=O)N[C@]3(CCCc4ccccc43)C2=O)sc2c1CCCC2. The van der Waals surface area contributed by atoms with Crippen molar-refractivity contribution in [3.8, 4) is 0 Å². The van der Waals surface area contributed by atoms with Gasteiger partial charge in [0.25, 0.3) is 11.8 Å². The van der Waals surface area contributed by atoms with Gasteiger partial charge in [-0.15, -0.1) is 11.3 Å². The molecular formula is C23H24N4O4S. The van der Waals surface area contributed by atoms with Gasteiger partial charge in [-0.3, -0.25) is 19.3 Å². The number of rotatable bonds is 4. The standard InChI is InChI=1S/C23H24N4O4S/c24-19(29)18-14-8-2-4-10-16(14)32-20(18)25-17(28)12-27-21(30)23(26-22(27)31)11-5-7-13-6-1-3-9-15(13)23/h1,3,6,9H,2,4-5,7-8,10-12H2,(H2,24,29)(H,25,28)(H,26,31)/t23-/m0/s1. The fourth-order valence-electron chi connectivity index (χ4n) is 5.18. The molecule has 32 heavy (non-hydrogen) atoms. The number of urea groups is 1. The first-order valence-electron chi connectivity index (χ1n) is 10.9. The first kappa shape index (κ1) is 20.7. The zero-order valence-electron chi connectivity index (χ0n) is 17.5. The molecule has 0 unspecified atom stereocenters. The molecule has 5 rings (SSSR count). The predicted octanol–water partition coefficient (Wildman–Crippen LogP) is 2.45. The Kier molecular flexibility index (Phi) is 5.00. The number of nitrogens with two attached hydrogens (primary N) is 1. The predicted molar refractivity (Wildman–Crippen MR) is 119 cm³/mol. The molecule has 0 radical (unpaired) electrons. The van der Waals surface area contributed by atoms with Crippen LogP contribution < -0.4 is 16.4 Å². The van der Waals surface area contributed by atoms with Crippen LogP contribution in [0.25, 0.3) is 0 Å². The second-order valence-corrected chi connectivity index (χ2v) is 9.67. The van der Waals surface area contributed by atoms with Crippen molar-refractivity contribution < 1.29 is 19.2 Å². The zero-order chi connectivity index (χ0) is 22.5. The van der Waals surface area contributed by atoms with E-state index in [4.69, 9.17) is 5.73 Å². The molecule has 1 fully saturated rings. The second kappa shape index (κ2) is 7.74. The molecule has 3 aliphatic rings. The van der Waals surface area contributed by atoms with E-state index in [1.165, 1.54) is 11.3 Å². The van der Waals surface area contributed by atoms with Gasteiger partial charge in [-0.05, 0) is 61.6 Å². The zero-order valence-corrected chi connectivity index (χ0v) is 18.3. The lowest BCUT2D eigenvalue weighted by molar-refractivity contribution is -0.134. The van der Waals surface area contributed by atoms with Gasteiger partial charge in [-0.2, -0.15) is 0 Å². The van der Waals surface area contributed by atoms with Crippen LogP contribution in [0.15, 0.2) is 24.3 Å². The Morgan fingerprint density at radius 3 is 2.72 bits per heavy atom. The summed E-state index contributed by atoms with van der Waals surface area (Å²) in [6.07, 6.45) is 5.73. The maximum atomic E-state index is 13.4. The molecule has 2 aromatic rings. The molecule has 2 heterocycles. The van der Waals surface area contributed by atoms with Gasteiger partial charge in [-0.1, -0.05) is 24.3 Å². The van der Waals surface area contributed by atoms with E-state index >= 15 is 0 Å². The Morgan fingerprint density at radius 2 is 1.91 bits per heavy atom. The molecule has 9 heteroatoms. The highest BCUT2D eigenvalue weighted by atomic mass is 32.1. The van der Waals surface area contributed by atoms with Gasteiger partial charge in [0, 0.05) is 4.88 Å². The van der Waals surface area contributed by atoms with Gasteiger partial charge in [0.15, 0.2) is 0 Å². The summed E-state index contributed by atoms with van der Waals surface area (Å²) in [6, 6.07) is 7.02. The number of carbonyl (C=O) groups is 4. The molecule has 1 atom stereocenters. The summed E-state index contributed by atoms with van der Waals surface area (Å²) in [7, 11) is 0. The molecule has 1 aromatic carbocycles. The first-order chi connectivity index (χ1) is 15.4. The number of benzene rings is 1. The molecule has 166 valence electrons. The molecule has 0 saturated carbocycles. The first-order valence-corrected chi connectivity index (χ1v) is 11.7. The van der Waals surface area contributed by atoms with E-state index in [9.17, 15) is 19.2 Å². The molecule has 2 aliphatic carbocycles. The minimum Gasteiger partial charge on any atom is -0.365 e. The van der Waals surface area contributed by atoms with Crippen LogP contribution in [0.4, 0.5) is 9.80 Å². The molecule has 1 saturated heterocycles. The van der Waals surface area contributed by atoms with Crippen LogP contribution in [0.2, 0.25) is 0 Å². The largest absolute Gasteiger partial charge is 0.365 e. The maximum Gasteiger partial charge on any atom is 0.325 e. The number of imide groups is 1. The van der Waals surface area contributed by atoms with Crippen LogP contribution >= 0.6 is 11.3 Å².